The van der Waals surface area contributed by atoms with E-state index in [0.717, 1.165) is 44.5 Å². The van der Waals surface area contributed by atoms with Crippen molar-refractivity contribution >= 4 is 28.3 Å². The minimum Gasteiger partial charge on any atom is -0.370 e. The highest BCUT2D eigenvalue weighted by Gasteiger charge is 2.46. The number of fused-ring (bicyclic) bond motifs is 2. The van der Waals surface area contributed by atoms with Crippen molar-refractivity contribution in [2.75, 3.05) is 18.4 Å². The second kappa shape index (κ2) is 8.70. The molecular weight excluding hydrogens is 504 g/mol. The number of amides is 1. The van der Waals surface area contributed by atoms with E-state index in [2.05, 4.69) is 15.5 Å². The van der Waals surface area contributed by atoms with Crippen molar-refractivity contribution in [2.45, 2.75) is 19.1 Å². The molecule has 1 fully saturated rings. The molecule has 7 rings (SSSR count). The van der Waals surface area contributed by atoms with E-state index < -0.39 is 24.9 Å². The lowest BCUT2D eigenvalue weighted by atomic mass is 10.1. The van der Waals surface area contributed by atoms with Crippen LogP contribution >= 0.6 is 0 Å². The zero-order chi connectivity index (χ0) is 26.7. The van der Waals surface area contributed by atoms with Crippen LogP contribution in [-0.4, -0.2) is 54.6 Å². The van der Waals surface area contributed by atoms with Gasteiger partial charge in [0, 0.05) is 46.5 Å². The number of carbonyl (C=O) groups is 1. The number of aromatic nitrogens is 5. The standard InChI is InChI=1S/C28H23F2N7O2/c1-36-23-9-18(3-2-17(23)8-24(36)27(38)37-14-28(29,30)15-37)25-34-22-13-39-12-21(22)26(35-25)33-20-6-4-16(5-7-20)19-10-31-32-11-19/h2-11H,12-15H2,1H3,(H,31,32)(H,33,34,35). The minimum absolute atomic E-state index is 0.363. The molecule has 5 aromatic rings. The third kappa shape index (κ3) is 4.11. The van der Waals surface area contributed by atoms with E-state index in [0.29, 0.717) is 30.5 Å². The normalized spacial score (nSPS) is 15.8. The van der Waals surface area contributed by atoms with E-state index in [1.807, 2.05) is 48.7 Å². The Morgan fingerprint density at radius 2 is 1.82 bits per heavy atom. The first-order valence-electron chi connectivity index (χ1n) is 12.5. The average Bonchev–Trinajstić information content (AvgIpc) is 3.68. The highest BCUT2D eigenvalue weighted by Crippen LogP contribution is 2.33. The van der Waals surface area contributed by atoms with Crippen LogP contribution in [0, 0.1) is 0 Å². The summed E-state index contributed by atoms with van der Waals surface area (Å²) in [7, 11) is 1.76. The molecule has 196 valence electrons. The maximum absolute atomic E-state index is 13.3. The Bertz CT molecular complexity index is 1720. The average molecular weight is 528 g/mol. The van der Waals surface area contributed by atoms with Gasteiger partial charge in [0.05, 0.1) is 38.2 Å². The van der Waals surface area contributed by atoms with Crippen LogP contribution < -0.4 is 5.32 Å². The number of nitrogens with one attached hydrogen (secondary N) is 2. The van der Waals surface area contributed by atoms with Crippen LogP contribution in [0.2, 0.25) is 0 Å². The van der Waals surface area contributed by atoms with Gasteiger partial charge >= 0.3 is 0 Å². The number of aryl methyl sites for hydroxylation is 1. The first-order valence-corrected chi connectivity index (χ1v) is 12.5. The molecule has 2 aromatic carbocycles. The molecule has 0 bridgehead atoms. The van der Waals surface area contributed by atoms with Crippen LogP contribution in [0.1, 0.15) is 21.7 Å². The zero-order valence-corrected chi connectivity index (χ0v) is 20.9. The van der Waals surface area contributed by atoms with Crippen LogP contribution in [-0.2, 0) is 25.0 Å². The quantitative estimate of drug-likeness (QED) is 0.338. The number of anilines is 2. The van der Waals surface area contributed by atoms with Crippen LogP contribution in [0.25, 0.3) is 33.4 Å². The number of aromatic amines is 1. The molecule has 11 heteroatoms. The number of hydrogen-bond donors (Lipinski definition) is 2. The third-order valence-corrected chi connectivity index (χ3v) is 7.21. The fraction of sp³-hybridized carbons (Fsp3) is 0.214. The molecular formula is C28H23F2N7O2. The van der Waals surface area contributed by atoms with E-state index in [9.17, 15) is 13.6 Å². The molecule has 0 radical (unpaired) electrons. The van der Waals surface area contributed by atoms with E-state index >= 15 is 0 Å². The predicted octanol–water partition coefficient (Wildman–Crippen LogP) is 4.89. The molecule has 39 heavy (non-hydrogen) atoms. The van der Waals surface area contributed by atoms with Gasteiger partial charge < -0.3 is 19.5 Å². The molecule has 1 saturated heterocycles. The van der Waals surface area contributed by atoms with Crippen LogP contribution in [0.15, 0.2) is 60.9 Å². The van der Waals surface area contributed by atoms with Crippen LogP contribution in [0.5, 0.6) is 0 Å². The summed E-state index contributed by atoms with van der Waals surface area (Å²) in [5.74, 6) is -2.02. The summed E-state index contributed by atoms with van der Waals surface area (Å²) in [5, 5.41) is 11.1. The fourth-order valence-corrected chi connectivity index (χ4v) is 5.07. The summed E-state index contributed by atoms with van der Waals surface area (Å²) in [4.78, 5) is 23.6. The molecule has 0 saturated carbocycles. The molecule has 2 aliphatic rings. The van der Waals surface area contributed by atoms with Crippen LogP contribution in [0.3, 0.4) is 0 Å². The Morgan fingerprint density at radius 3 is 2.56 bits per heavy atom. The highest BCUT2D eigenvalue weighted by atomic mass is 19.3. The summed E-state index contributed by atoms with van der Waals surface area (Å²) >= 11 is 0. The molecule has 1 amide bonds. The van der Waals surface area contributed by atoms with Crippen molar-refractivity contribution < 1.29 is 18.3 Å². The third-order valence-electron chi connectivity index (χ3n) is 7.21. The molecule has 3 aromatic heterocycles. The van der Waals surface area contributed by atoms with Gasteiger partial charge in [-0.1, -0.05) is 24.3 Å². The molecule has 0 spiro atoms. The number of H-pyrrole nitrogens is 1. The van der Waals surface area contributed by atoms with Crippen molar-refractivity contribution in [2.24, 2.45) is 7.05 Å². The molecule has 2 N–H and O–H groups in total. The maximum Gasteiger partial charge on any atom is 0.282 e. The van der Waals surface area contributed by atoms with E-state index in [1.54, 1.807) is 23.9 Å². The van der Waals surface area contributed by atoms with E-state index in [4.69, 9.17) is 14.7 Å². The van der Waals surface area contributed by atoms with Gasteiger partial charge in [0.15, 0.2) is 5.82 Å². The van der Waals surface area contributed by atoms with Crippen molar-refractivity contribution in [3.63, 3.8) is 0 Å². The number of rotatable bonds is 5. The Hall–Kier alpha value is -4.64. The topological polar surface area (TPSA) is 101 Å². The number of ether oxygens (including phenoxy) is 1. The van der Waals surface area contributed by atoms with Gasteiger partial charge in [0.1, 0.15) is 11.5 Å². The first kappa shape index (κ1) is 23.5. The molecule has 2 aliphatic heterocycles. The number of alkyl halides is 2. The molecule has 0 atom stereocenters. The Balaban J connectivity index is 1.20. The van der Waals surface area contributed by atoms with Gasteiger partial charge in [-0.05, 0) is 29.8 Å². The zero-order valence-electron chi connectivity index (χ0n) is 20.9. The first-order chi connectivity index (χ1) is 18.8. The lowest BCUT2D eigenvalue weighted by Crippen LogP contribution is -2.58. The van der Waals surface area contributed by atoms with Gasteiger partial charge in [-0.2, -0.15) is 5.10 Å². The monoisotopic (exact) mass is 527 g/mol. The number of halogens is 2. The number of likely N-dealkylation sites (tertiary alicyclic amines) is 1. The molecule has 9 nitrogen and oxygen atoms in total. The fourth-order valence-electron chi connectivity index (χ4n) is 5.07. The van der Waals surface area contributed by atoms with Crippen molar-refractivity contribution in [3.8, 4) is 22.5 Å². The summed E-state index contributed by atoms with van der Waals surface area (Å²) in [5.41, 5.74) is 6.57. The van der Waals surface area contributed by atoms with E-state index in [-0.39, 0.29) is 0 Å². The Labute approximate surface area is 221 Å². The SMILES string of the molecule is Cn1c(C(=O)N2CC(F)(F)C2)cc2ccc(-c3nc4c(c(Nc5ccc(-c6cn[nH]c6)cc5)n3)COC4)cc21. The summed E-state index contributed by atoms with van der Waals surface area (Å²) in [6.07, 6.45) is 3.62. The van der Waals surface area contributed by atoms with Crippen LogP contribution in [0.4, 0.5) is 20.3 Å². The van der Waals surface area contributed by atoms with Crippen molar-refractivity contribution in [1.29, 1.82) is 0 Å². The maximum atomic E-state index is 13.3. The summed E-state index contributed by atoms with van der Waals surface area (Å²) in [6, 6.07) is 15.4. The lowest BCUT2D eigenvalue weighted by Gasteiger charge is -2.38. The highest BCUT2D eigenvalue weighted by molar-refractivity contribution is 6.00. The van der Waals surface area contributed by atoms with Crippen molar-refractivity contribution in [3.05, 3.63) is 77.9 Å². The minimum atomic E-state index is -2.81. The van der Waals surface area contributed by atoms with Gasteiger partial charge in [0.2, 0.25) is 0 Å². The second-order valence-corrected chi connectivity index (χ2v) is 9.88. The van der Waals surface area contributed by atoms with Gasteiger partial charge in [-0.15, -0.1) is 0 Å². The lowest BCUT2D eigenvalue weighted by molar-refractivity contribution is -0.113. The molecule has 0 unspecified atom stereocenters. The van der Waals surface area contributed by atoms with Gasteiger partial charge in [-0.3, -0.25) is 9.89 Å². The van der Waals surface area contributed by atoms with Gasteiger partial charge in [0.25, 0.3) is 11.8 Å². The number of benzene rings is 2. The Morgan fingerprint density at radius 1 is 1.03 bits per heavy atom. The predicted molar refractivity (Wildman–Crippen MR) is 141 cm³/mol. The van der Waals surface area contributed by atoms with Crippen molar-refractivity contribution in [1.82, 2.24) is 29.6 Å². The molecule has 0 aliphatic carbocycles. The number of carbonyl (C=O) groups excluding carboxylic acids is 1. The summed E-state index contributed by atoms with van der Waals surface area (Å²) < 4.78 is 34.0. The molecule has 5 heterocycles. The number of nitrogens with zero attached hydrogens (tertiary/aromatic N) is 5. The summed E-state index contributed by atoms with van der Waals surface area (Å²) in [6.45, 7) is -0.287. The second-order valence-electron chi connectivity index (χ2n) is 9.88. The smallest absolute Gasteiger partial charge is 0.282 e. The largest absolute Gasteiger partial charge is 0.370 e. The van der Waals surface area contributed by atoms with Gasteiger partial charge in [-0.25, -0.2) is 18.7 Å². The Kier molecular flexibility index (Phi) is 5.24. The van der Waals surface area contributed by atoms with E-state index in [1.165, 1.54) is 4.90 Å². The number of hydrogen-bond acceptors (Lipinski definition) is 6.